The molecular weight excluding hydrogens is 1150 g/mol. The molecule has 2 saturated heterocycles. The van der Waals surface area contributed by atoms with Gasteiger partial charge in [0.05, 0.1) is 32.0 Å². The van der Waals surface area contributed by atoms with Crippen LogP contribution in [0.25, 0.3) is 0 Å². The van der Waals surface area contributed by atoms with Crippen LogP contribution in [-0.2, 0) is 23.7 Å². The van der Waals surface area contributed by atoms with E-state index in [1.807, 2.05) is 6.08 Å². The molecule has 9 N–H and O–H groups in total. The summed E-state index contributed by atoms with van der Waals surface area (Å²) in [6.07, 6.45) is 62.7. The highest BCUT2D eigenvalue weighted by atomic mass is 16.7. The Morgan fingerprint density at radius 2 is 0.703 bits per heavy atom. The van der Waals surface area contributed by atoms with Crippen molar-refractivity contribution in [3.63, 3.8) is 0 Å². The molecule has 0 spiro atoms. The topological polar surface area (TPSA) is 228 Å². The summed E-state index contributed by atoms with van der Waals surface area (Å²) >= 11 is 0. The number of carbonyl (C=O) groups is 1. The highest BCUT2D eigenvalue weighted by Gasteiger charge is 2.51. The van der Waals surface area contributed by atoms with Crippen LogP contribution in [0.2, 0.25) is 0 Å². The van der Waals surface area contributed by atoms with E-state index in [0.29, 0.717) is 12.8 Å². The molecule has 14 heteroatoms. The summed E-state index contributed by atoms with van der Waals surface area (Å²) in [7, 11) is 0. The normalized spacial score (nSPS) is 22.8. The first-order chi connectivity index (χ1) is 44.6. The van der Waals surface area contributed by atoms with Gasteiger partial charge in [-0.15, -0.1) is 0 Å². The average molecular weight is 1300 g/mol. The van der Waals surface area contributed by atoms with Crippen molar-refractivity contribution in [3.8, 4) is 0 Å². The predicted octanol–water partition coefficient (Wildman–Crippen LogP) is 17.1. The second kappa shape index (κ2) is 62.0. The fourth-order valence-electron chi connectivity index (χ4n) is 13.2. The molecule has 2 heterocycles. The van der Waals surface area contributed by atoms with E-state index in [1.165, 1.54) is 302 Å². The highest BCUT2D eigenvalue weighted by molar-refractivity contribution is 5.76. The second-order valence-electron chi connectivity index (χ2n) is 27.8. The number of hydrogen-bond donors (Lipinski definition) is 9. The molecule has 0 aromatic carbocycles. The van der Waals surface area contributed by atoms with Crippen molar-refractivity contribution in [3.05, 3.63) is 24.3 Å². The number of carbonyl (C=O) groups excluding carboxylic acids is 1. The van der Waals surface area contributed by atoms with E-state index in [9.17, 15) is 45.6 Å². The number of rotatable bonds is 66. The molecule has 0 aromatic rings. The number of allylic oxidation sites excluding steroid dienone is 3. The van der Waals surface area contributed by atoms with Crippen LogP contribution in [0.5, 0.6) is 0 Å². The van der Waals surface area contributed by atoms with Gasteiger partial charge in [-0.3, -0.25) is 4.79 Å². The van der Waals surface area contributed by atoms with Gasteiger partial charge in [-0.1, -0.05) is 353 Å². The lowest BCUT2D eigenvalue weighted by molar-refractivity contribution is -0.359. The number of hydrogen-bond acceptors (Lipinski definition) is 13. The van der Waals surface area contributed by atoms with E-state index in [0.717, 1.165) is 32.1 Å². The molecular formula is C77H147NO13. The van der Waals surface area contributed by atoms with Gasteiger partial charge in [-0.05, 0) is 32.1 Å². The first-order valence-corrected chi connectivity index (χ1v) is 39.1. The number of aliphatic hydroxyl groups excluding tert-OH is 8. The van der Waals surface area contributed by atoms with Gasteiger partial charge in [0.25, 0.3) is 0 Å². The standard InChI is InChI=1S/C77H147NO13/c1-3-5-7-9-11-13-15-17-19-21-23-25-27-29-30-31-32-33-34-35-36-37-39-41-43-45-47-49-51-53-55-57-59-61-69(82)78-65(64-88-76-74(87)72(85)75(68(63-80)90-76)91-77-73(86)71(84)70(83)67(62-79)89-77)66(81)60-58-56-54-52-50-48-46-44-42-40-38-28-26-24-22-20-18-16-14-12-10-8-6-4-2/h50,52,58,60,65-68,70-77,79-81,83-87H,3-49,51,53-57,59,61-64H2,1-2H3,(H,78,82)/b52-50+,60-58+. The van der Waals surface area contributed by atoms with Gasteiger partial charge in [0.15, 0.2) is 12.6 Å². The maximum Gasteiger partial charge on any atom is 0.220 e. The van der Waals surface area contributed by atoms with Crippen LogP contribution in [0.3, 0.4) is 0 Å². The van der Waals surface area contributed by atoms with Crippen molar-refractivity contribution in [2.24, 2.45) is 0 Å². The quantitative estimate of drug-likeness (QED) is 0.0204. The third kappa shape index (κ3) is 45.6. The third-order valence-electron chi connectivity index (χ3n) is 19.4. The minimum atomic E-state index is -1.79. The maximum atomic E-state index is 13.4. The summed E-state index contributed by atoms with van der Waals surface area (Å²) < 4.78 is 22.9. The van der Waals surface area contributed by atoms with Gasteiger partial charge in [0.1, 0.15) is 48.8 Å². The van der Waals surface area contributed by atoms with E-state index in [2.05, 4.69) is 31.3 Å². The van der Waals surface area contributed by atoms with Gasteiger partial charge < -0.3 is 65.1 Å². The number of unbranched alkanes of at least 4 members (excludes halogenated alkanes) is 51. The lowest BCUT2D eigenvalue weighted by Crippen LogP contribution is -2.65. The molecule has 91 heavy (non-hydrogen) atoms. The SMILES string of the molecule is CCCCCCCCCCCCCCCCCCCC/C=C/CC/C=C/C(O)C(COC1OC(CO)C(OC2OC(CO)C(O)C(O)C2O)C(O)C1O)NC(=O)CCCCCCCCCCCCCCCCCCCCCCCCCCCCCCCCCCC. The van der Waals surface area contributed by atoms with Gasteiger partial charge in [-0.25, -0.2) is 0 Å². The zero-order valence-corrected chi connectivity index (χ0v) is 58.9. The summed E-state index contributed by atoms with van der Waals surface area (Å²) in [5.41, 5.74) is 0. The molecule has 2 rings (SSSR count). The lowest BCUT2D eigenvalue weighted by Gasteiger charge is -2.46. The van der Waals surface area contributed by atoms with Crippen LogP contribution >= 0.6 is 0 Å². The molecule has 12 unspecified atom stereocenters. The monoisotopic (exact) mass is 1290 g/mol. The van der Waals surface area contributed by atoms with Crippen LogP contribution in [-0.4, -0.2) is 140 Å². The Morgan fingerprint density at radius 3 is 1.08 bits per heavy atom. The van der Waals surface area contributed by atoms with Gasteiger partial charge >= 0.3 is 0 Å². The summed E-state index contributed by atoms with van der Waals surface area (Å²) in [6.45, 7) is 2.85. The molecule has 0 aromatic heterocycles. The zero-order valence-electron chi connectivity index (χ0n) is 58.9. The Bertz CT molecular complexity index is 1620. The molecule has 2 aliphatic rings. The van der Waals surface area contributed by atoms with Crippen LogP contribution in [0, 0.1) is 0 Å². The van der Waals surface area contributed by atoms with Crippen molar-refractivity contribution in [2.45, 2.75) is 441 Å². The number of ether oxygens (including phenoxy) is 4. The van der Waals surface area contributed by atoms with E-state index in [4.69, 9.17) is 18.9 Å². The minimum absolute atomic E-state index is 0.240. The second-order valence-corrected chi connectivity index (χ2v) is 27.8. The smallest absolute Gasteiger partial charge is 0.220 e. The van der Waals surface area contributed by atoms with Crippen molar-refractivity contribution >= 4 is 5.91 Å². The summed E-state index contributed by atoms with van der Waals surface area (Å²) in [5, 5.41) is 87.6. The molecule has 12 atom stereocenters. The molecule has 0 aliphatic carbocycles. The Morgan fingerprint density at radius 1 is 0.385 bits per heavy atom. The fourth-order valence-corrected chi connectivity index (χ4v) is 13.2. The number of amides is 1. The van der Waals surface area contributed by atoms with E-state index < -0.39 is 86.8 Å². The van der Waals surface area contributed by atoms with Crippen molar-refractivity contribution in [2.75, 3.05) is 19.8 Å². The Hall–Kier alpha value is -1.53. The molecule has 14 nitrogen and oxygen atoms in total. The fraction of sp³-hybridized carbons (Fsp3) is 0.935. The largest absolute Gasteiger partial charge is 0.394 e. The van der Waals surface area contributed by atoms with Gasteiger partial charge in [-0.2, -0.15) is 0 Å². The predicted molar refractivity (Wildman–Crippen MR) is 374 cm³/mol. The van der Waals surface area contributed by atoms with Crippen molar-refractivity contribution in [1.82, 2.24) is 5.32 Å². The van der Waals surface area contributed by atoms with E-state index in [1.54, 1.807) is 6.08 Å². The maximum absolute atomic E-state index is 13.4. The summed E-state index contributed by atoms with van der Waals surface area (Å²) in [4.78, 5) is 13.4. The molecule has 0 bridgehead atoms. The third-order valence-corrected chi connectivity index (χ3v) is 19.4. The van der Waals surface area contributed by atoms with E-state index in [-0.39, 0.29) is 18.9 Å². The first kappa shape index (κ1) is 85.6. The van der Waals surface area contributed by atoms with Gasteiger partial charge in [0.2, 0.25) is 5.91 Å². The Labute approximate surface area is 558 Å². The molecule has 538 valence electrons. The van der Waals surface area contributed by atoms with E-state index >= 15 is 0 Å². The Balaban J connectivity index is 1.62. The minimum Gasteiger partial charge on any atom is -0.394 e. The highest BCUT2D eigenvalue weighted by Crippen LogP contribution is 2.30. The summed E-state index contributed by atoms with van der Waals surface area (Å²) in [5.74, 6) is -0.240. The van der Waals surface area contributed by atoms with Crippen LogP contribution < -0.4 is 5.32 Å². The zero-order chi connectivity index (χ0) is 65.9. The van der Waals surface area contributed by atoms with Crippen LogP contribution in [0.1, 0.15) is 367 Å². The Kier molecular flexibility index (Phi) is 58.3. The lowest BCUT2D eigenvalue weighted by atomic mass is 9.97. The molecule has 0 radical (unpaired) electrons. The number of aliphatic hydroxyl groups is 8. The number of nitrogens with one attached hydrogen (secondary N) is 1. The first-order valence-electron chi connectivity index (χ1n) is 39.1. The summed E-state index contributed by atoms with van der Waals surface area (Å²) in [6, 6.07) is -0.930. The molecule has 2 aliphatic heterocycles. The van der Waals surface area contributed by atoms with Crippen molar-refractivity contribution < 1.29 is 64.6 Å². The van der Waals surface area contributed by atoms with Crippen molar-refractivity contribution in [1.29, 1.82) is 0 Å². The van der Waals surface area contributed by atoms with Crippen LogP contribution in [0.15, 0.2) is 24.3 Å². The molecule has 0 saturated carbocycles. The average Bonchev–Trinajstić information content (AvgIpc) is 1.26. The van der Waals surface area contributed by atoms with Gasteiger partial charge in [0, 0.05) is 6.42 Å². The van der Waals surface area contributed by atoms with Crippen LogP contribution in [0.4, 0.5) is 0 Å². The molecule has 1 amide bonds. The molecule has 2 fully saturated rings.